The molecule has 0 bridgehead atoms. The van der Waals surface area contributed by atoms with Gasteiger partial charge in [-0.25, -0.2) is 4.79 Å². The normalized spacial score (nSPS) is 18.3. The van der Waals surface area contributed by atoms with Crippen molar-refractivity contribution in [3.05, 3.63) is 80.3 Å². The van der Waals surface area contributed by atoms with Crippen LogP contribution >= 0.6 is 22.9 Å². The minimum Gasteiger partial charge on any atom is -0.355 e. The van der Waals surface area contributed by atoms with Gasteiger partial charge >= 0.3 is 6.03 Å². The van der Waals surface area contributed by atoms with E-state index in [4.69, 9.17) is 16.6 Å². The average molecular weight is 716 g/mol. The van der Waals surface area contributed by atoms with E-state index in [9.17, 15) is 14.4 Å². The van der Waals surface area contributed by atoms with Crippen molar-refractivity contribution in [2.75, 3.05) is 50.7 Å². The Balaban J connectivity index is 0.937. The van der Waals surface area contributed by atoms with Crippen LogP contribution in [0.2, 0.25) is 5.02 Å². The van der Waals surface area contributed by atoms with Gasteiger partial charge in [-0.2, -0.15) is 5.10 Å². The number of hydrogen-bond acceptors (Lipinski definition) is 11. The van der Waals surface area contributed by atoms with Gasteiger partial charge in [0.2, 0.25) is 11.8 Å². The number of rotatable bonds is 9. The number of fused-ring (bicyclic) bond motifs is 3. The molecular formula is C34H38ClN11O3S. The molecule has 7 rings (SSSR count). The van der Waals surface area contributed by atoms with Crippen LogP contribution in [0, 0.1) is 20.8 Å². The first-order valence-electron chi connectivity index (χ1n) is 16.7. The molecule has 3 aliphatic heterocycles. The van der Waals surface area contributed by atoms with Crippen molar-refractivity contribution in [3.8, 4) is 5.00 Å². The molecule has 0 saturated carbocycles. The lowest BCUT2D eigenvalue weighted by molar-refractivity contribution is -0.122. The zero-order chi connectivity index (χ0) is 34.9. The number of nitrogens with one attached hydrogen (secondary N) is 2. The maximum Gasteiger partial charge on any atom is 0.329 e. The summed E-state index contributed by atoms with van der Waals surface area (Å²) < 4.78 is 2.06. The monoisotopic (exact) mass is 715 g/mol. The minimum absolute atomic E-state index is 0.0890. The van der Waals surface area contributed by atoms with Crippen molar-refractivity contribution < 1.29 is 14.4 Å². The first-order chi connectivity index (χ1) is 24.1. The highest BCUT2D eigenvalue weighted by molar-refractivity contribution is 7.15. The second-order valence-electron chi connectivity index (χ2n) is 12.7. The van der Waals surface area contributed by atoms with Gasteiger partial charge in [0, 0.05) is 79.8 Å². The van der Waals surface area contributed by atoms with Crippen molar-refractivity contribution in [1.82, 2.24) is 45.4 Å². The lowest BCUT2D eigenvalue weighted by Gasteiger charge is -2.34. The molecule has 0 unspecified atom stereocenters. The molecule has 2 N–H and O–H groups in total. The molecule has 14 nitrogen and oxygen atoms in total. The topological polar surface area (TPSA) is 154 Å². The fourth-order valence-corrected chi connectivity index (χ4v) is 7.84. The smallest absolute Gasteiger partial charge is 0.329 e. The van der Waals surface area contributed by atoms with Crippen LogP contribution in [0.4, 0.5) is 10.6 Å². The van der Waals surface area contributed by atoms with Crippen LogP contribution < -0.4 is 15.5 Å². The number of amides is 4. The Hall–Kier alpha value is -4.57. The summed E-state index contributed by atoms with van der Waals surface area (Å²) in [5.74, 6) is 1.48. The van der Waals surface area contributed by atoms with Crippen molar-refractivity contribution in [3.63, 3.8) is 0 Å². The van der Waals surface area contributed by atoms with E-state index in [0.29, 0.717) is 36.3 Å². The number of carbonyl (C=O) groups is 3. The molecule has 6 heterocycles. The molecule has 0 radical (unpaired) electrons. The van der Waals surface area contributed by atoms with Gasteiger partial charge in [-0.3, -0.25) is 39.2 Å². The number of urea groups is 1. The summed E-state index contributed by atoms with van der Waals surface area (Å²) in [5, 5.41) is 24.5. The van der Waals surface area contributed by atoms with Gasteiger partial charge in [-0.05, 0) is 50.6 Å². The van der Waals surface area contributed by atoms with Gasteiger partial charge in [0.1, 0.15) is 16.9 Å². The molecule has 2 saturated heterocycles. The van der Waals surface area contributed by atoms with Crippen LogP contribution in [0.5, 0.6) is 0 Å². The molecule has 2 fully saturated rings. The maximum absolute atomic E-state index is 13.4. The Morgan fingerprint density at radius 2 is 1.72 bits per heavy atom. The summed E-state index contributed by atoms with van der Waals surface area (Å²) in [7, 11) is 0. The SMILES string of the molecule is Cc1sc2c(c1C)C(c1ccc(Cl)cc1)=N[C@@H](CC(=O)NCCN1CCN(Cc3ccc(N4CCC(=O)NC4=O)nn3)CC1)c1nnc(C)n1-2. The van der Waals surface area contributed by atoms with Gasteiger partial charge in [0.25, 0.3) is 0 Å². The van der Waals surface area contributed by atoms with E-state index in [1.165, 1.54) is 9.78 Å². The van der Waals surface area contributed by atoms with Crippen LogP contribution in [-0.2, 0) is 16.1 Å². The summed E-state index contributed by atoms with van der Waals surface area (Å²) in [6.45, 7) is 11.8. The largest absolute Gasteiger partial charge is 0.355 e. The summed E-state index contributed by atoms with van der Waals surface area (Å²) in [6.07, 6.45) is 0.389. The average Bonchev–Trinajstić information content (AvgIpc) is 3.58. The summed E-state index contributed by atoms with van der Waals surface area (Å²) >= 11 is 7.91. The van der Waals surface area contributed by atoms with E-state index in [-0.39, 0.29) is 24.7 Å². The highest BCUT2D eigenvalue weighted by Gasteiger charge is 2.32. The van der Waals surface area contributed by atoms with Gasteiger partial charge in [0.15, 0.2) is 11.6 Å². The number of aromatic nitrogens is 5. The molecular weight excluding hydrogens is 678 g/mol. The molecule has 16 heteroatoms. The number of imide groups is 1. The number of piperazine rings is 1. The summed E-state index contributed by atoms with van der Waals surface area (Å²) in [6, 6.07) is 10.3. The highest BCUT2D eigenvalue weighted by Crippen LogP contribution is 2.39. The maximum atomic E-state index is 13.4. The van der Waals surface area contributed by atoms with Crippen LogP contribution in [0.15, 0.2) is 41.4 Å². The molecule has 0 aliphatic carbocycles. The summed E-state index contributed by atoms with van der Waals surface area (Å²) in [5.41, 5.74) is 4.77. The molecule has 4 aromatic rings. The highest BCUT2D eigenvalue weighted by atomic mass is 35.5. The standard InChI is InChI=1S/C34H38ClN11O3S/c1-20-21(2)50-33-30(20)31(23-4-6-24(35)7-5-23)37-26(32-42-39-22(3)46(32)33)18-29(48)36-11-13-43-14-16-44(17-15-43)19-25-8-9-27(41-40-25)45-12-10-28(47)38-34(45)49/h4-9,26H,10-19H2,1-3H3,(H,36,48)(H,38,47,49)/t26-/m0/s1. The zero-order valence-corrected chi connectivity index (χ0v) is 29.7. The third-order valence-corrected chi connectivity index (χ3v) is 10.8. The molecule has 1 aromatic carbocycles. The summed E-state index contributed by atoms with van der Waals surface area (Å²) in [4.78, 5) is 49.4. The van der Waals surface area contributed by atoms with E-state index in [1.807, 2.05) is 37.3 Å². The predicted octanol–water partition coefficient (Wildman–Crippen LogP) is 3.36. The van der Waals surface area contributed by atoms with Crippen molar-refractivity contribution in [1.29, 1.82) is 0 Å². The number of thiophene rings is 1. The van der Waals surface area contributed by atoms with Crippen molar-refractivity contribution in [2.45, 2.75) is 46.2 Å². The van der Waals surface area contributed by atoms with Crippen LogP contribution in [-0.4, -0.2) is 104 Å². The van der Waals surface area contributed by atoms with Crippen molar-refractivity contribution >= 4 is 52.3 Å². The quantitative estimate of drug-likeness (QED) is 0.266. The number of hydrogen-bond donors (Lipinski definition) is 2. The van der Waals surface area contributed by atoms with Gasteiger partial charge in [0.05, 0.1) is 17.8 Å². The van der Waals surface area contributed by atoms with E-state index in [2.05, 4.69) is 59.2 Å². The van der Waals surface area contributed by atoms with Crippen molar-refractivity contribution in [2.24, 2.45) is 4.99 Å². The first-order valence-corrected chi connectivity index (χ1v) is 17.9. The predicted molar refractivity (Wildman–Crippen MR) is 190 cm³/mol. The second kappa shape index (κ2) is 14.3. The minimum atomic E-state index is -0.511. The Labute approximate surface area is 298 Å². The van der Waals surface area contributed by atoms with Gasteiger partial charge in [-0.1, -0.05) is 23.7 Å². The number of benzene rings is 1. The molecule has 3 aromatic heterocycles. The molecule has 0 spiro atoms. The number of anilines is 1. The molecule has 4 amide bonds. The number of aliphatic imine (C=N–C) groups is 1. The van der Waals surface area contributed by atoms with Gasteiger partial charge < -0.3 is 5.32 Å². The second-order valence-corrected chi connectivity index (χ2v) is 14.4. The Bertz CT molecular complexity index is 1950. The fraction of sp³-hybridized carbons (Fsp3) is 0.412. The Morgan fingerprint density at radius 1 is 0.960 bits per heavy atom. The fourth-order valence-electron chi connectivity index (χ4n) is 6.50. The number of halogens is 1. The zero-order valence-electron chi connectivity index (χ0n) is 28.1. The van der Waals surface area contributed by atoms with E-state index < -0.39 is 12.1 Å². The van der Waals surface area contributed by atoms with Crippen LogP contribution in [0.25, 0.3) is 5.00 Å². The molecule has 50 heavy (non-hydrogen) atoms. The Kier molecular flexibility index (Phi) is 9.73. The molecule has 1 atom stereocenters. The van der Waals surface area contributed by atoms with Crippen LogP contribution in [0.3, 0.4) is 0 Å². The number of aryl methyl sites for hydroxylation is 2. The molecule has 3 aliphatic rings. The lowest BCUT2D eigenvalue weighted by Crippen LogP contribution is -2.50. The van der Waals surface area contributed by atoms with E-state index >= 15 is 0 Å². The third kappa shape index (κ3) is 7.03. The molecule has 260 valence electrons. The first kappa shape index (κ1) is 33.9. The lowest BCUT2D eigenvalue weighted by atomic mass is 9.99. The third-order valence-electron chi connectivity index (χ3n) is 9.37. The van der Waals surface area contributed by atoms with Gasteiger partial charge in [-0.15, -0.1) is 26.6 Å². The Morgan fingerprint density at radius 3 is 2.44 bits per heavy atom. The van der Waals surface area contributed by atoms with E-state index in [1.54, 1.807) is 17.4 Å². The van der Waals surface area contributed by atoms with E-state index in [0.717, 1.165) is 71.6 Å². The van der Waals surface area contributed by atoms with Crippen LogP contribution in [0.1, 0.15) is 57.8 Å². The number of carbonyl (C=O) groups excluding carboxylic acids is 3. The number of nitrogens with zero attached hydrogens (tertiary/aromatic N) is 9.